The van der Waals surface area contributed by atoms with Crippen molar-refractivity contribution in [2.75, 3.05) is 18.1 Å². The van der Waals surface area contributed by atoms with Crippen LogP contribution in [0.3, 0.4) is 0 Å². The van der Waals surface area contributed by atoms with Crippen LogP contribution in [0.15, 0.2) is 23.3 Å². The average molecular weight is 383 g/mol. The molecule has 2 atom stereocenters. The van der Waals surface area contributed by atoms with Crippen molar-refractivity contribution in [1.29, 1.82) is 0 Å². The van der Waals surface area contributed by atoms with Crippen LogP contribution >= 0.6 is 0 Å². The predicted octanol–water partition coefficient (Wildman–Crippen LogP) is 2.36. The van der Waals surface area contributed by atoms with Crippen molar-refractivity contribution in [3.05, 3.63) is 29.3 Å². The van der Waals surface area contributed by atoms with Crippen LogP contribution in [0.4, 0.5) is 5.69 Å². The minimum absolute atomic E-state index is 0.0300. The number of hydrogen-bond acceptors (Lipinski definition) is 4. The Bertz CT molecular complexity index is 874. The first-order chi connectivity index (χ1) is 13.3. The van der Waals surface area contributed by atoms with Gasteiger partial charge in [0.25, 0.3) is 5.91 Å². The second-order valence-corrected chi connectivity index (χ2v) is 8.20. The van der Waals surface area contributed by atoms with E-state index < -0.39 is 11.9 Å². The monoisotopic (exact) mass is 383 g/mol. The van der Waals surface area contributed by atoms with Crippen LogP contribution in [0.5, 0.6) is 0 Å². The van der Waals surface area contributed by atoms with Crippen molar-refractivity contribution in [1.82, 2.24) is 4.90 Å². The predicted molar refractivity (Wildman–Crippen MR) is 104 cm³/mol. The van der Waals surface area contributed by atoms with E-state index in [1.165, 1.54) is 5.01 Å². The van der Waals surface area contributed by atoms with Crippen LogP contribution in [-0.2, 0) is 14.4 Å². The minimum atomic E-state index is -0.829. The number of likely N-dealkylation sites (tertiary alicyclic amines) is 1. The molecule has 0 radical (unpaired) electrons. The molecule has 28 heavy (non-hydrogen) atoms. The van der Waals surface area contributed by atoms with E-state index in [1.807, 2.05) is 32.0 Å². The molecule has 2 heterocycles. The largest absolute Gasteiger partial charge is 0.481 e. The maximum Gasteiger partial charge on any atom is 0.308 e. The van der Waals surface area contributed by atoms with E-state index in [1.54, 1.807) is 4.90 Å². The lowest BCUT2D eigenvalue weighted by Gasteiger charge is -2.26. The molecule has 4 rings (SSSR count). The number of rotatable bonds is 4. The fourth-order valence-corrected chi connectivity index (χ4v) is 4.28. The van der Waals surface area contributed by atoms with E-state index in [0.29, 0.717) is 30.3 Å². The number of aryl methyl sites for hydroxylation is 2. The Morgan fingerprint density at radius 3 is 2.57 bits per heavy atom. The number of aliphatic carboxylic acids is 1. The van der Waals surface area contributed by atoms with Crippen LogP contribution in [0.1, 0.15) is 36.8 Å². The molecule has 7 nitrogen and oxygen atoms in total. The summed E-state index contributed by atoms with van der Waals surface area (Å²) < 4.78 is 0. The van der Waals surface area contributed by atoms with Gasteiger partial charge >= 0.3 is 5.97 Å². The first-order valence-electron chi connectivity index (χ1n) is 9.85. The van der Waals surface area contributed by atoms with Gasteiger partial charge in [-0.3, -0.25) is 14.4 Å². The number of benzene rings is 1. The van der Waals surface area contributed by atoms with Crippen molar-refractivity contribution in [3.8, 4) is 0 Å². The number of anilines is 1. The normalized spacial score (nSPS) is 25.1. The third kappa shape index (κ3) is 3.41. The Morgan fingerprint density at radius 2 is 1.89 bits per heavy atom. The number of hydrogen-bond donors (Lipinski definition) is 1. The Labute approximate surface area is 164 Å². The molecule has 1 saturated heterocycles. The van der Waals surface area contributed by atoms with Gasteiger partial charge in [-0.25, -0.2) is 5.01 Å². The molecule has 1 aliphatic carbocycles. The molecular formula is C21H25N3O4. The topological polar surface area (TPSA) is 90.3 Å². The van der Waals surface area contributed by atoms with Gasteiger partial charge in [-0.05, 0) is 55.7 Å². The Morgan fingerprint density at radius 1 is 1.14 bits per heavy atom. The molecule has 3 aliphatic rings. The van der Waals surface area contributed by atoms with Crippen molar-refractivity contribution < 1.29 is 19.5 Å². The molecule has 2 fully saturated rings. The zero-order valence-corrected chi connectivity index (χ0v) is 16.2. The van der Waals surface area contributed by atoms with Gasteiger partial charge in [-0.1, -0.05) is 12.1 Å². The van der Waals surface area contributed by atoms with Gasteiger partial charge in [0.05, 0.1) is 11.6 Å². The number of nitrogens with zero attached hydrogens (tertiary/aromatic N) is 3. The third-order valence-electron chi connectivity index (χ3n) is 6.07. The SMILES string of the molecule is Cc1ccc(C)c(N2N=C(C(=O)N3C[C@H](C(=O)O)[C@@H](C4CC4)C3)CCC2=O)c1. The second kappa shape index (κ2) is 7.04. The van der Waals surface area contributed by atoms with Gasteiger partial charge in [0.15, 0.2) is 0 Å². The molecule has 0 aromatic heterocycles. The average Bonchev–Trinajstić information content (AvgIpc) is 3.41. The van der Waals surface area contributed by atoms with Crippen molar-refractivity contribution in [2.45, 2.75) is 39.5 Å². The molecule has 2 aliphatic heterocycles. The zero-order valence-electron chi connectivity index (χ0n) is 16.2. The Kier molecular flexibility index (Phi) is 4.69. The highest BCUT2D eigenvalue weighted by Gasteiger charge is 2.47. The number of carbonyl (C=O) groups is 3. The zero-order chi connectivity index (χ0) is 20.0. The molecule has 1 N–H and O–H groups in total. The molecule has 0 bridgehead atoms. The van der Waals surface area contributed by atoms with Crippen LogP contribution in [0, 0.1) is 31.6 Å². The molecule has 148 valence electrons. The third-order valence-corrected chi connectivity index (χ3v) is 6.07. The summed E-state index contributed by atoms with van der Waals surface area (Å²) in [5.41, 5.74) is 2.95. The summed E-state index contributed by atoms with van der Waals surface area (Å²) >= 11 is 0. The lowest BCUT2D eigenvalue weighted by molar-refractivity contribution is -0.142. The Hall–Kier alpha value is -2.70. The molecule has 7 heteroatoms. The summed E-state index contributed by atoms with van der Waals surface area (Å²) in [5.74, 6) is -1.26. The summed E-state index contributed by atoms with van der Waals surface area (Å²) in [7, 11) is 0. The fraction of sp³-hybridized carbons (Fsp3) is 0.524. The summed E-state index contributed by atoms with van der Waals surface area (Å²) in [6.45, 7) is 4.55. The molecule has 0 spiro atoms. The van der Waals surface area contributed by atoms with Crippen LogP contribution < -0.4 is 5.01 Å². The van der Waals surface area contributed by atoms with Crippen LogP contribution in [-0.4, -0.2) is 46.6 Å². The van der Waals surface area contributed by atoms with Gasteiger partial charge < -0.3 is 10.0 Å². The molecular weight excluding hydrogens is 358 g/mol. The van der Waals surface area contributed by atoms with Gasteiger partial charge in [0, 0.05) is 25.9 Å². The van der Waals surface area contributed by atoms with Gasteiger partial charge in [0.1, 0.15) is 5.71 Å². The van der Waals surface area contributed by atoms with E-state index >= 15 is 0 Å². The van der Waals surface area contributed by atoms with E-state index in [-0.39, 0.29) is 30.7 Å². The second-order valence-electron chi connectivity index (χ2n) is 8.20. The highest BCUT2D eigenvalue weighted by Crippen LogP contribution is 2.44. The van der Waals surface area contributed by atoms with Gasteiger partial charge in [-0.15, -0.1) is 0 Å². The summed E-state index contributed by atoms with van der Waals surface area (Å²) in [4.78, 5) is 38.8. The number of amides is 2. The lowest BCUT2D eigenvalue weighted by atomic mass is 9.92. The molecule has 1 aromatic rings. The first-order valence-corrected chi connectivity index (χ1v) is 9.85. The number of carboxylic acid groups (broad SMARTS) is 1. The number of hydrazone groups is 1. The highest BCUT2D eigenvalue weighted by atomic mass is 16.4. The van der Waals surface area contributed by atoms with E-state index in [4.69, 9.17) is 0 Å². The summed E-state index contributed by atoms with van der Waals surface area (Å²) in [6, 6.07) is 5.79. The lowest BCUT2D eigenvalue weighted by Crippen LogP contribution is -2.41. The summed E-state index contributed by atoms with van der Waals surface area (Å²) in [5, 5.41) is 15.3. The smallest absolute Gasteiger partial charge is 0.308 e. The van der Waals surface area contributed by atoms with E-state index in [9.17, 15) is 19.5 Å². The van der Waals surface area contributed by atoms with Crippen molar-refractivity contribution in [3.63, 3.8) is 0 Å². The maximum absolute atomic E-state index is 13.1. The van der Waals surface area contributed by atoms with E-state index in [0.717, 1.165) is 24.0 Å². The van der Waals surface area contributed by atoms with Gasteiger partial charge in [0.2, 0.25) is 5.91 Å². The van der Waals surface area contributed by atoms with Crippen LogP contribution in [0.25, 0.3) is 0 Å². The Balaban J connectivity index is 1.58. The van der Waals surface area contributed by atoms with Crippen molar-refractivity contribution >= 4 is 29.2 Å². The van der Waals surface area contributed by atoms with Gasteiger partial charge in [-0.2, -0.15) is 5.10 Å². The molecule has 1 aromatic carbocycles. The quantitative estimate of drug-likeness (QED) is 0.864. The number of carbonyl (C=O) groups excluding carboxylic acids is 2. The van der Waals surface area contributed by atoms with Crippen LogP contribution in [0.2, 0.25) is 0 Å². The molecule has 2 amide bonds. The fourth-order valence-electron chi connectivity index (χ4n) is 4.28. The number of carboxylic acids is 1. The standard InChI is InChI=1S/C21H25N3O4/c1-12-3-4-13(2)18(9-12)24-19(25)8-7-17(22-24)20(26)23-10-15(14-5-6-14)16(11-23)21(27)28/h3-4,9,14-16H,5-8,10-11H2,1-2H3,(H,27,28)/t15-,16+/m1/s1. The first kappa shape index (κ1) is 18.7. The molecule has 0 unspecified atom stereocenters. The summed E-state index contributed by atoms with van der Waals surface area (Å²) in [6.07, 6.45) is 2.61. The minimum Gasteiger partial charge on any atom is -0.481 e. The highest BCUT2D eigenvalue weighted by molar-refractivity contribution is 6.40. The molecule has 1 saturated carbocycles. The van der Waals surface area contributed by atoms with Crippen molar-refractivity contribution in [2.24, 2.45) is 22.9 Å². The van der Waals surface area contributed by atoms with E-state index in [2.05, 4.69) is 5.10 Å². The maximum atomic E-state index is 13.1.